The van der Waals surface area contributed by atoms with E-state index < -0.39 is 17.6 Å². The van der Waals surface area contributed by atoms with Gasteiger partial charge in [-0.3, -0.25) is 14.9 Å². The molecular weight excluding hydrogens is 286 g/mol. The van der Waals surface area contributed by atoms with Gasteiger partial charge in [-0.25, -0.2) is 0 Å². The van der Waals surface area contributed by atoms with Gasteiger partial charge in [0.2, 0.25) is 5.60 Å². The van der Waals surface area contributed by atoms with Crippen molar-refractivity contribution < 1.29 is 14.6 Å². The van der Waals surface area contributed by atoms with Gasteiger partial charge in [-0.2, -0.15) is 0 Å². The molecule has 116 valence electrons. The van der Waals surface area contributed by atoms with Crippen molar-refractivity contribution in [3.05, 3.63) is 46.0 Å². The van der Waals surface area contributed by atoms with Gasteiger partial charge < -0.3 is 10.6 Å². The van der Waals surface area contributed by atoms with E-state index in [0.717, 1.165) is 5.56 Å². The molecule has 1 aliphatic carbocycles. The minimum absolute atomic E-state index is 0.0839. The van der Waals surface area contributed by atoms with Crippen LogP contribution in [0.5, 0.6) is 0 Å². The first kappa shape index (κ1) is 14.5. The van der Waals surface area contributed by atoms with Crippen LogP contribution in [-0.4, -0.2) is 28.2 Å². The van der Waals surface area contributed by atoms with Crippen molar-refractivity contribution in [2.75, 3.05) is 0 Å². The summed E-state index contributed by atoms with van der Waals surface area (Å²) >= 11 is 0. The molecule has 3 rings (SSSR count). The molecule has 3 atom stereocenters. The van der Waals surface area contributed by atoms with Gasteiger partial charge in [-0.05, 0) is 17.9 Å². The predicted molar refractivity (Wildman–Crippen MR) is 78.9 cm³/mol. The number of nitro groups is 1. The van der Waals surface area contributed by atoms with E-state index in [-0.39, 0.29) is 23.0 Å². The number of primary amides is 1. The molecule has 1 amide bonds. The van der Waals surface area contributed by atoms with Gasteiger partial charge in [0.05, 0.1) is 0 Å². The summed E-state index contributed by atoms with van der Waals surface area (Å²) in [4.78, 5) is 27.8. The largest absolute Gasteiger partial charge is 0.381 e. The molecule has 0 radical (unpaired) electrons. The number of amides is 1. The Kier molecular flexibility index (Phi) is 3.56. The maximum atomic E-state index is 11.4. The highest BCUT2D eigenvalue weighted by atomic mass is 16.7. The van der Waals surface area contributed by atoms with Crippen molar-refractivity contribution in [2.24, 2.45) is 10.9 Å². The fraction of sp³-hybridized carbons (Fsp3) is 0.467. The molecule has 0 saturated heterocycles. The second-order valence-electron chi connectivity index (χ2n) is 5.93. The summed E-state index contributed by atoms with van der Waals surface area (Å²) in [6.07, 6.45) is 1.68. The van der Waals surface area contributed by atoms with Crippen molar-refractivity contribution in [2.45, 2.75) is 43.2 Å². The molecule has 1 spiro atoms. The monoisotopic (exact) mass is 303 g/mol. The predicted octanol–water partition coefficient (Wildman–Crippen LogP) is 1.60. The average Bonchev–Trinajstić information content (AvgIpc) is 2.92. The first-order chi connectivity index (χ1) is 10.5. The molecule has 0 bridgehead atoms. The quantitative estimate of drug-likeness (QED) is 0.675. The van der Waals surface area contributed by atoms with Crippen LogP contribution >= 0.6 is 0 Å². The molecule has 1 aliphatic heterocycles. The smallest absolute Gasteiger partial charge is 0.266 e. The molecule has 1 aromatic carbocycles. The summed E-state index contributed by atoms with van der Waals surface area (Å²) in [5.74, 6) is -0.527. The first-order valence-corrected chi connectivity index (χ1v) is 7.25. The van der Waals surface area contributed by atoms with E-state index in [9.17, 15) is 14.9 Å². The van der Waals surface area contributed by atoms with E-state index in [2.05, 4.69) is 5.16 Å². The average molecular weight is 303 g/mol. The number of benzene rings is 1. The van der Waals surface area contributed by atoms with E-state index in [0.29, 0.717) is 19.3 Å². The third-order valence-electron chi connectivity index (χ3n) is 4.60. The van der Waals surface area contributed by atoms with Crippen LogP contribution in [0, 0.1) is 10.1 Å². The molecule has 1 fully saturated rings. The van der Waals surface area contributed by atoms with Crippen molar-refractivity contribution in [3.63, 3.8) is 0 Å². The number of rotatable bonds is 3. The lowest BCUT2D eigenvalue weighted by molar-refractivity contribution is -0.550. The summed E-state index contributed by atoms with van der Waals surface area (Å²) in [5, 5.41) is 15.1. The van der Waals surface area contributed by atoms with E-state index in [1.54, 1.807) is 0 Å². The van der Waals surface area contributed by atoms with Crippen LogP contribution in [0.3, 0.4) is 0 Å². The van der Waals surface area contributed by atoms with Crippen LogP contribution in [-0.2, 0) is 9.63 Å². The Balaban J connectivity index is 1.87. The highest BCUT2D eigenvalue weighted by Gasteiger charge is 2.57. The summed E-state index contributed by atoms with van der Waals surface area (Å²) in [7, 11) is 0. The van der Waals surface area contributed by atoms with Crippen LogP contribution in [0.2, 0.25) is 0 Å². The third-order valence-corrected chi connectivity index (χ3v) is 4.60. The number of nitrogens with zero attached hydrogens (tertiary/aromatic N) is 2. The van der Waals surface area contributed by atoms with Gasteiger partial charge in [-0.15, -0.1) is 0 Å². The molecule has 1 aromatic rings. The van der Waals surface area contributed by atoms with Gasteiger partial charge in [0.1, 0.15) is 5.71 Å². The number of oxime groups is 1. The van der Waals surface area contributed by atoms with Gasteiger partial charge >= 0.3 is 0 Å². The summed E-state index contributed by atoms with van der Waals surface area (Å²) in [6.45, 7) is 0. The summed E-state index contributed by atoms with van der Waals surface area (Å²) < 4.78 is 0. The molecular formula is C15H17N3O4. The number of nitrogens with two attached hydrogens (primary N) is 1. The minimum Gasteiger partial charge on any atom is -0.381 e. The fourth-order valence-corrected chi connectivity index (χ4v) is 3.50. The van der Waals surface area contributed by atoms with Crippen molar-refractivity contribution >= 4 is 11.6 Å². The van der Waals surface area contributed by atoms with Gasteiger partial charge in [0.25, 0.3) is 11.9 Å². The minimum atomic E-state index is -1.06. The van der Waals surface area contributed by atoms with Gasteiger partial charge in [-0.1, -0.05) is 35.5 Å². The molecule has 22 heavy (non-hydrogen) atoms. The Morgan fingerprint density at radius 1 is 1.36 bits per heavy atom. The van der Waals surface area contributed by atoms with Crippen molar-refractivity contribution in [1.82, 2.24) is 0 Å². The lowest BCUT2D eigenvalue weighted by Gasteiger charge is -2.37. The lowest BCUT2D eigenvalue weighted by Crippen LogP contribution is -2.51. The van der Waals surface area contributed by atoms with E-state index in [4.69, 9.17) is 10.6 Å². The lowest BCUT2D eigenvalue weighted by atomic mass is 9.70. The molecule has 3 unspecified atom stereocenters. The zero-order valence-corrected chi connectivity index (χ0v) is 12.0. The number of hydrogen-bond donors (Lipinski definition) is 1. The maximum absolute atomic E-state index is 11.4. The highest BCUT2D eigenvalue weighted by molar-refractivity contribution is 6.38. The Morgan fingerprint density at radius 3 is 2.68 bits per heavy atom. The molecule has 7 heteroatoms. The molecule has 0 aromatic heterocycles. The number of carbonyl (C=O) groups is 1. The molecule has 1 heterocycles. The van der Waals surface area contributed by atoms with Crippen molar-refractivity contribution in [3.8, 4) is 0 Å². The van der Waals surface area contributed by atoms with Crippen molar-refractivity contribution in [1.29, 1.82) is 0 Å². The summed E-state index contributed by atoms with van der Waals surface area (Å²) in [6, 6.07) is 8.98. The standard InChI is InChI=1S/C15H17N3O4/c16-14(19)12-9-15(22-17-12)8-11(6-7-13(15)18(20)21)10-4-2-1-3-5-10/h1-5,11,13H,6-9H2,(H2,16,19). The Bertz CT molecular complexity index is 631. The van der Waals surface area contributed by atoms with Gasteiger partial charge in [0, 0.05) is 24.2 Å². The van der Waals surface area contributed by atoms with Crippen LogP contribution in [0.25, 0.3) is 0 Å². The van der Waals surface area contributed by atoms with E-state index in [1.165, 1.54) is 0 Å². The zero-order valence-electron chi connectivity index (χ0n) is 12.0. The molecule has 1 saturated carbocycles. The summed E-state index contributed by atoms with van der Waals surface area (Å²) in [5.41, 5.74) is 5.38. The SMILES string of the molecule is NC(=O)C1=NOC2(C1)CC(c1ccccc1)CCC2[N+](=O)[O-]. The van der Waals surface area contributed by atoms with Gasteiger partial charge in [0.15, 0.2) is 0 Å². The van der Waals surface area contributed by atoms with Crippen LogP contribution < -0.4 is 5.73 Å². The zero-order chi connectivity index (χ0) is 15.7. The topological polar surface area (TPSA) is 108 Å². The Morgan fingerprint density at radius 2 is 2.09 bits per heavy atom. The van der Waals surface area contributed by atoms with Crippen LogP contribution in [0.15, 0.2) is 35.5 Å². The van der Waals surface area contributed by atoms with Crippen LogP contribution in [0.1, 0.15) is 37.2 Å². The molecule has 2 N–H and O–H groups in total. The molecule has 7 nitrogen and oxygen atoms in total. The van der Waals surface area contributed by atoms with E-state index in [1.807, 2.05) is 30.3 Å². The first-order valence-electron chi connectivity index (χ1n) is 7.25. The maximum Gasteiger partial charge on any atom is 0.266 e. The second kappa shape index (κ2) is 5.40. The molecule has 2 aliphatic rings. The second-order valence-corrected chi connectivity index (χ2v) is 5.93. The number of hydrogen-bond acceptors (Lipinski definition) is 5. The third kappa shape index (κ3) is 2.43. The highest BCUT2D eigenvalue weighted by Crippen LogP contribution is 2.46. The Labute approximate surface area is 127 Å². The fourth-order valence-electron chi connectivity index (χ4n) is 3.50. The number of carbonyl (C=O) groups excluding carboxylic acids is 1. The Hall–Kier alpha value is -2.44. The van der Waals surface area contributed by atoms with E-state index >= 15 is 0 Å². The normalized spacial score (nSPS) is 30.6. The van der Waals surface area contributed by atoms with Crippen LogP contribution in [0.4, 0.5) is 0 Å².